The normalized spacial score (nSPS) is 22.6. The molecule has 2 aromatic heterocycles. The first kappa shape index (κ1) is 15.2. The third-order valence-corrected chi connectivity index (χ3v) is 4.68. The van der Waals surface area contributed by atoms with Crippen molar-refractivity contribution in [2.24, 2.45) is 0 Å². The Kier molecular flexibility index (Phi) is 4.37. The Hall–Kier alpha value is -1.37. The van der Waals surface area contributed by atoms with Crippen molar-refractivity contribution in [2.45, 2.75) is 50.7 Å². The predicted octanol–water partition coefficient (Wildman–Crippen LogP) is 2.95. The van der Waals surface area contributed by atoms with Crippen LogP contribution in [0.3, 0.4) is 0 Å². The monoisotopic (exact) mass is 336 g/mol. The minimum Gasteiger partial charge on any atom is -0.448 e. The van der Waals surface area contributed by atoms with E-state index in [-0.39, 0.29) is 0 Å². The molecule has 1 saturated heterocycles. The maximum atomic E-state index is 5.80. The lowest BCUT2D eigenvalue weighted by Crippen LogP contribution is -2.45. The van der Waals surface area contributed by atoms with Gasteiger partial charge in [0, 0.05) is 18.5 Å². The molecule has 124 valence electrons. The van der Waals surface area contributed by atoms with Gasteiger partial charge in [0.05, 0.1) is 13.1 Å². The third-order valence-electron chi connectivity index (χ3n) is 4.47. The van der Waals surface area contributed by atoms with Gasteiger partial charge in [-0.3, -0.25) is 4.90 Å². The number of piperidine rings is 1. The second-order valence-electron chi connectivity index (χ2n) is 6.48. The summed E-state index contributed by atoms with van der Waals surface area (Å²) in [6, 6.07) is 4.14. The summed E-state index contributed by atoms with van der Waals surface area (Å²) < 4.78 is 10.7. The second kappa shape index (κ2) is 6.63. The molecule has 0 bridgehead atoms. The fourth-order valence-corrected chi connectivity index (χ4v) is 3.25. The summed E-state index contributed by atoms with van der Waals surface area (Å²) in [6.07, 6.45) is 4.72. The van der Waals surface area contributed by atoms with E-state index in [9.17, 15) is 0 Å². The van der Waals surface area contributed by atoms with Gasteiger partial charge >= 0.3 is 0 Å². The zero-order valence-corrected chi connectivity index (χ0v) is 13.8. The van der Waals surface area contributed by atoms with Crippen LogP contribution in [-0.2, 0) is 13.1 Å². The molecule has 6 nitrogen and oxygen atoms in total. The van der Waals surface area contributed by atoms with Crippen LogP contribution in [0.25, 0.3) is 0 Å². The molecule has 23 heavy (non-hydrogen) atoms. The smallest absolute Gasteiger partial charge is 0.229 e. The van der Waals surface area contributed by atoms with Gasteiger partial charge < -0.3 is 14.3 Å². The molecule has 4 rings (SSSR count). The highest BCUT2D eigenvalue weighted by atomic mass is 35.5. The number of hydrogen-bond donors (Lipinski definition) is 1. The van der Waals surface area contributed by atoms with Crippen molar-refractivity contribution in [3.05, 3.63) is 34.8 Å². The van der Waals surface area contributed by atoms with E-state index in [1.807, 2.05) is 6.07 Å². The fraction of sp³-hybridized carbons (Fsp3) is 0.625. The van der Waals surface area contributed by atoms with Crippen LogP contribution in [0, 0.1) is 0 Å². The van der Waals surface area contributed by atoms with Crippen molar-refractivity contribution in [2.75, 3.05) is 13.1 Å². The number of likely N-dealkylation sites (tertiary alicyclic amines) is 1. The number of aromatic nitrogens is 2. The summed E-state index contributed by atoms with van der Waals surface area (Å²) in [5.41, 5.74) is 0. The molecule has 0 spiro atoms. The largest absolute Gasteiger partial charge is 0.448 e. The fourth-order valence-electron chi connectivity index (χ4n) is 3.09. The van der Waals surface area contributed by atoms with E-state index < -0.39 is 0 Å². The molecular weight excluding hydrogens is 316 g/mol. The van der Waals surface area contributed by atoms with Gasteiger partial charge in [-0.15, -0.1) is 0 Å². The number of furan rings is 1. The highest BCUT2D eigenvalue weighted by molar-refractivity contribution is 6.28. The standard InChI is InChI=1S/C16H21ClN4O2/c17-14-6-5-13(22-14)8-18-12-2-1-7-21(9-12)10-15-19-16(23-20-15)11-3-4-11/h5-6,11-12,18H,1-4,7-10H2. The maximum Gasteiger partial charge on any atom is 0.229 e. The lowest BCUT2D eigenvalue weighted by molar-refractivity contribution is 0.175. The molecule has 1 atom stereocenters. The van der Waals surface area contributed by atoms with Crippen molar-refractivity contribution in [3.8, 4) is 0 Å². The summed E-state index contributed by atoms with van der Waals surface area (Å²) >= 11 is 5.80. The van der Waals surface area contributed by atoms with Crippen molar-refractivity contribution >= 4 is 11.6 Å². The van der Waals surface area contributed by atoms with Crippen LogP contribution in [0.1, 0.15) is 49.1 Å². The van der Waals surface area contributed by atoms with E-state index >= 15 is 0 Å². The first-order chi connectivity index (χ1) is 11.3. The number of halogens is 1. The molecule has 1 saturated carbocycles. The first-order valence-corrected chi connectivity index (χ1v) is 8.66. The second-order valence-corrected chi connectivity index (χ2v) is 6.86. The van der Waals surface area contributed by atoms with Crippen LogP contribution in [0.5, 0.6) is 0 Å². The van der Waals surface area contributed by atoms with Gasteiger partial charge in [-0.25, -0.2) is 0 Å². The van der Waals surface area contributed by atoms with Crippen molar-refractivity contribution in [1.29, 1.82) is 0 Å². The van der Waals surface area contributed by atoms with E-state index in [1.54, 1.807) is 6.07 Å². The van der Waals surface area contributed by atoms with Crippen LogP contribution in [-0.4, -0.2) is 34.2 Å². The highest BCUT2D eigenvalue weighted by Crippen LogP contribution is 2.38. The minimum absolute atomic E-state index is 0.440. The van der Waals surface area contributed by atoms with E-state index in [4.69, 9.17) is 20.5 Å². The molecule has 0 aromatic carbocycles. The van der Waals surface area contributed by atoms with Crippen LogP contribution in [0.2, 0.25) is 5.22 Å². The highest BCUT2D eigenvalue weighted by Gasteiger charge is 2.30. The zero-order chi connectivity index (χ0) is 15.6. The Balaban J connectivity index is 1.27. The SMILES string of the molecule is Clc1ccc(CNC2CCCN(Cc3noc(C4CC4)n3)C2)o1. The Bertz CT molecular complexity index is 652. The molecule has 7 heteroatoms. The van der Waals surface area contributed by atoms with Crippen molar-refractivity contribution in [1.82, 2.24) is 20.4 Å². The molecule has 1 aliphatic heterocycles. The molecule has 2 fully saturated rings. The lowest BCUT2D eigenvalue weighted by atomic mass is 10.1. The first-order valence-electron chi connectivity index (χ1n) is 8.29. The van der Waals surface area contributed by atoms with Crippen LogP contribution < -0.4 is 5.32 Å². The summed E-state index contributed by atoms with van der Waals surface area (Å²) in [7, 11) is 0. The average molecular weight is 337 g/mol. The van der Waals surface area contributed by atoms with Gasteiger partial charge in [0.25, 0.3) is 0 Å². The van der Waals surface area contributed by atoms with E-state index in [0.717, 1.165) is 37.1 Å². The van der Waals surface area contributed by atoms with Crippen LogP contribution in [0.4, 0.5) is 0 Å². The van der Waals surface area contributed by atoms with Gasteiger partial charge in [0.15, 0.2) is 11.0 Å². The van der Waals surface area contributed by atoms with Gasteiger partial charge in [-0.05, 0) is 56.0 Å². The van der Waals surface area contributed by atoms with Gasteiger partial charge in [-0.2, -0.15) is 4.98 Å². The third kappa shape index (κ3) is 3.94. The summed E-state index contributed by atoms with van der Waals surface area (Å²) in [6.45, 7) is 3.54. The molecule has 3 heterocycles. The molecule has 1 N–H and O–H groups in total. The number of nitrogens with zero attached hydrogens (tertiary/aromatic N) is 3. The van der Waals surface area contributed by atoms with Crippen molar-refractivity contribution < 1.29 is 8.94 Å². The Morgan fingerprint density at radius 3 is 3.00 bits per heavy atom. The van der Waals surface area contributed by atoms with Crippen molar-refractivity contribution in [3.63, 3.8) is 0 Å². The zero-order valence-electron chi connectivity index (χ0n) is 13.0. The van der Waals surface area contributed by atoms with Gasteiger partial charge in [0.2, 0.25) is 5.89 Å². The van der Waals surface area contributed by atoms with E-state index in [1.165, 1.54) is 25.7 Å². The number of rotatable bonds is 6. The predicted molar refractivity (Wildman–Crippen MR) is 85.1 cm³/mol. The molecule has 1 unspecified atom stereocenters. The summed E-state index contributed by atoms with van der Waals surface area (Å²) in [5, 5.41) is 8.10. The molecule has 0 amide bonds. The molecule has 1 aliphatic carbocycles. The number of nitrogens with one attached hydrogen (secondary N) is 1. The van der Waals surface area contributed by atoms with E-state index in [0.29, 0.717) is 23.7 Å². The Labute approximate surface area is 140 Å². The van der Waals surface area contributed by atoms with E-state index in [2.05, 4.69) is 20.4 Å². The molecular formula is C16H21ClN4O2. The Morgan fingerprint density at radius 2 is 2.22 bits per heavy atom. The molecule has 2 aromatic rings. The van der Waals surface area contributed by atoms with Crippen LogP contribution in [0.15, 0.2) is 21.1 Å². The Morgan fingerprint density at radius 1 is 1.30 bits per heavy atom. The minimum atomic E-state index is 0.440. The number of hydrogen-bond acceptors (Lipinski definition) is 6. The topological polar surface area (TPSA) is 67.3 Å². The van der Waals surface area contributed by atoms with Gasteiger partial charge in [-0.1, -0.05) is 5.16 Å². The lowest BCUT2D eigenvalue weighted by Gasteiger charge is -2.32. The van der Waals surface area contributed by atoms with Crippen LogP contribution >= 0.6 is 11.6 Å². The molecule has 2 aliphatic rings. The summed E-state index contributed by atoms with van der Waals surface area (Å²) in [4.78, 5) is 6.90. The summed E-state index contributed by atoms with van der Waals surface area (Å²) in [5.74, 6) is 3.03. The maximum absolute atomic E-state index is 5.80. The quantitative estimate of drug-likeness (QED) is 0.874. The average Bonchev–Trinajstić information content (AvgIpc) is 3.16. The molecule has 0 radical (unpaired) electrons. The van der Waals surface area contributed by atoms with Gasteiger partial charge in [0.1, 0.15) is 5.76 Å².